The van der Waals surface area contributed by atoms with Gasteiger partial charge in [-0.05, 0) is 26.0 Å². The number of ether oxygens (including phenoxy) is 1. The molecule has 0 aliphatic heterocycles. The summed E-state index contributed by atoms with van der Waals surface area (Å²) in [4.78, 5) is 7.40. The molecule has 0 atom stereocenters. The molecule has 0 aliphatic carbocycles. The molecule has 1 aromatic carbocycles. The smallest absolute Gasteiger partial charge is 0.422 e. The first kappa shape index (κ1) is 15.2. The summed E-state index contributed by atoms with van der Waals surface area (Å²) < 4.78 is 41.4. The minimum Gasteiger partial charge on any atom is -0.482 e. The summed E-state index contributed by atoms with van der Waals surface area (Å²) in [5.41, 5.74) is 2.36. The fourth-order valence-electron chi connectivity index (χ4n) is 1.78. The van der Waals surface area contributed by atoms with Gasteiger partial charge in [-0.3, -0.25) is 0 Å². The second kappa shape index (κ2) is 6.07. The Morgan fingerprint density at radius 2 is 1.95 bits per heavy atom. The van der Waals surface area contributed by atoms with Crippen molar-refractivity contribution in [3.63, 3.8) is 0 Å². The first-order chi connectivity index (χ1) is 9.85. The highest BCUT2D eigenvalue weighted by molar-refractivity contribution is 5.56. The number of anilines is 1. The number of alkyl halides is 3. The predicted molar refractivity (Wildman–Crippen MR) is 73.4 cm³/mol. The monoisotopic (exact) mass is 299 g/mol. The van der Waals surface area contributed by atoms with Crippen molar-refractivity contribution < 1.29 is 17.9 Å². The molecule has 0 saturated heterocycles. The Morgan fingerprint density at radius 1 is 1.24 bits per heavy atom. The third kappa shape index (κ3) is 4.40. The van der Waals surface area contributed by atoms with Crippen LogP contribution in [0.5, 0.6) is 5.75 Å². The lowest BCUT2D eigenvalue weighted by Crippen LogP contribution is -2.19. The van der Waals surface area contributed by atoms with Crippen LogP contribution in [0.2, 0.25) is 0 Å². The van der Waals surface area contributed by atoms with Gasteiger partial charge in [0.05, 0.1) is 17.9 Å². The van der Waals surface area contributed by atoms with E-state index in [9.17, 15) is 13.2 Å². The fraction of sp³-hybridized carbons (Fsp3) is 0.357. The number of halogens is 3. The van der Waals surface area contributed by atoms with Gasteiger partial charge in [-0.1, -0.05) is 12.1 Å². The molecule has 0 amide bonds. The molecule has 0 spiro atoms. The molecule has 2 N–H and O–H groups in total. The van der Waals surface area contributed by atoms with Crippen molar-refractivity contribution in [1.82, 2.24) is 9.97 Å². The largest absolute Gasteiger partial charge is 0.482 e. The van der Waals surface area contributed by atoms with E-state index in [1.54, 1.807) is 18.2 Å². The molecule has 21 heavy (non-hydrogen) atoms. The zero-order valence-corrected chi connectivity index (χ0v) is 11.7. The number of benzene rings is 1. The molecule has 114 valence electrons. The lowest BCUT2D eigenvalue weighted by atomic mass is 10.3. The first-order valence-electron chi connectivity index (χ1n) is 6.39. The minimum absolute atomic E-state index is 0.162. The Hall–Kier alpha value is -2.18. The molecule has 0 unspecified atom stereocenters. The summed E-state index contributed by atoms with van der Waals surface area (Å²) in [6, 6.07) is 6.50. The van der Waals surface area contributed by atoms with E-state index < -0.39 is 12.8 Å². The Balaban J connectivity index is 2.02. The SMILES string of the molecule is Cc1nc(CNc2ccccc2OCC(F)(F)F)[nH]c1C. The van der Waals surface area contributed by atoms with Gasteiger partial charge in [0.25, 0.3) is 0 Å². The van der Waals surface area contributed by atoms with Gasteiger partial charge in [0.15, 0.2) is 6.61 Å². The Bertz CT molecular complexity index is 588. The predicted octanol–water partition coefficient (Wildman–Crippen LogP) is 3.58. The maximum Gasteiger partial charge on any atom is 0.422 e. The van der Waals surface area contributed by atoms with Crippen LogP contribution in [-0.4, -0.2) is 22.8 Å². The quantitative estimate of drug-likeness (QED) is 0.887. The summed E-state index contributed by atoms with van der Waals surface area (Å²) in [6.07, 6.45) is -4.36. The molecule has 0 bridgehead atoms. The van der Waals surface area contributed by atoms with E-state index >= 15 is 0 Å². The van der Waals surface area contributed by atoms with Crippen LogP contribution in [0.25, 0.3) is 0 Å². The van der Waals surface area contributed by atoms with Crippen LogP contribution in [-0.2, 0) is 6.54 Å². The van der Waals surface area contributed by atoms with Crippen molar-refractivity contribution >= 4 is 5.69 Å². The standard InChI is InChI=1S/C14H16F3N3O/c1-9-10(2)20-13(19-9)7-18-11-5-3-4-6-12(11)21-8-14(15,16)17/h3-6,18H,7-8H2,1-2H3,(H,19,20). The maximum absolute atomic E-state index is 12.2. The summed E-state index contributed by atoms with van der Waals surface area (Å²) in [5.74, 6) is 0.880. The number of aryl methyl sites for hydroxylation is 2. The van der Waals surface area contributed by atoms with Crippen molar-refractivity contribution in [2.45, 2.75) is 26.6 Å². The van der Waals surface area contributed by atoms with Crippen LogP contribution in [0.15, 0.2) is 24.3 Å². The zero-order valence-electron chi connectivity index (χ0n) is 11.7. The normalized spacial score (nSPS) is 11.5. The number of rotatable bonds is 5. The molecule has 1 aromatic heterocycles. The molecule has 0 aliphatic rings. The summed E-state index contributed by atoms with van der Waals surface area (Å²) in [6.45, 7) is 2.85. The van der Waals surface area contributed by atoms with Gasteiger partial charge in [-0.25, -0.2) is 4.98 Å². The molecule has 0 saturated carbocycles. The molecule has 7 heteroatoms. The third-order valence-corrected chi connectivity index (χ3v) is 2.90. The summed E-state index contributed by atoms with van der Waals surface area (Å²) >= 11 is 0. The van der Waals surface area contributed by atoms with E-state index in [2.05, 4.69) is 15.3 Å². The number of para-hydroxylation sites is 2. The van der Waals surface area contributed by atoms with E-state index in [1.807, 2.05) is 13.8 Å². The summed E-state index contributed by atoms with van der Waals surface area (Å²) in [7, 11) is 0. The van der Waals surface area contributed by atoms with Crippen LogP contribution in [0.4, 0.5) is 18.9 Å². The van der Waals surface area contributed by atoms with Crippen molar-refractivity contribution in [2.75, 3.05) is 11.9 Å². The number of H-pyrrole nitrogens is 1. The number of imidazole rings is 1. The fourth-order valence-corrected chi connectivity index (χ4v) is 1.78. The molecule has 1 heterocycles. The summed E-state index contributed by atoms with van der Waals surface area (Å²) in [5, 5.41) is 3.02. The molecule has 2 aromatic rings. The van der Waals surface area contributed by atoms with Gasteiger partial charge in [-0.15, -0.1) is 0 Å². The van der Waals surface area contributed by atoms with Gasteiger partial charge >= 0.3 is 6.18 Å². The van der Waals surface area contributed by atoms with Gasteiger partial charge in [0.1, 0.15) is 11.6 Å². The van der Waals surface area contributed by atoms with Gasteiger partial charge in [-0.2, -0.15) is 13.2 Å². The van der Waals surface area contributed by atoms with E-state index in [1.165, 1.54) is 6.07 Å². The minimum atomic E-state index is -4.36. The van der Waals surface area contributed by atoms with Gasteiger partial charge < -0.3 is 15.0 Å². The second-order valence-electron chi connectivity index (χ2n) is 4.65. The number of nitrogens with one attached hydrogen (secondary N) is 2. The maximum atomic E-state index is 12.2. The molecule has 0 fully saturated rings. The zero-order chi connectivity index (χ0) is 15.5. The molecule has 2 rings (SSSR count). The first-order valence-corrected chi connectivity index (χ1v) is 6.39. The van der Waals surface area contributed by atoms with Crippen LogP contribution < -0.4 is 10.1 Å². The Morgan fingerprint density at radius 3 is 2.57 bits per heavy atom. The van der Waals surface area contributed by atoms with Crippen molar-refractivity contribution in [3.8, 4) is 5.75 Å². The number of hydrogen-bond acceptors (Lipinski definition) is 3. The van der Waals surface area contributed by atoms with E-state index in [4.69, 9.17) is 4.74 Å². The Kier molecular flexibility index (Phi) is 4.40. The number of nitrogens with zero attached hydrogens (tertiary/aromatic N) is 1. The Labute approximate surface area is 120 Å². The van der Waals surface area contributed by atoms with Crippen molar-refractivity contribution in [2.24, 2.45) is 0 Å². The van der Waals surface area contributed by atoms with Gasteiger partial charge in [0.2, 0.25) is 0 Å². The highest BCUT2D eigenvalue weighted by atomic mass is 19.4. The number of aromatic amines is 1. The van der Waals surface area contributed by atoms with Gasteiger partial charge in [0, 0.05) is 5.69 Å². The average Bonchev–Trinajstić information content (AvgIpc) is 2.73. The van der Waals surface area contributed by atoms with Crippen LogP contribution in [0.3, 0.4) is 0 Å². The highest BCUT2D eigenvalue weighted by Gasteiger charge is 2.28. The van der Waals surface area contributed by atoms with Crippen LogP contribution in [0, 0.1) is 13.8 Å². The lowest BCUT2D eigenvalue weighted by Gasteiger charge is -2.13. The third-order valence-electron chi connectivity index (χ3n) is 2.90. The molecule has 4 nitrogen and oxygen atoms in total. The topological polar surface area (TPSA) is 49.9 Å². The molecular formula is C14H16F3N3O. The molecular weight excluding hydrogens is 283 g/mol. The highest BCUT2D eigenvalue weighted by Crippen LogP contribution is 2.26. The molecule has 0 radical (unpaired) electrons. The second-order valence-corrected chi connectivity index (χ2v) is 4.65. The van der Waals surface area contributed by atoms with E-state index in [-0.39, 0.29) is 5.75 Å². The van der Waals surface area contributed by atoms with Crippen molar-refractivity contribution in [3.05, 3.63) is 41.5 Å². The lowest BCUT2D eigenvalue weighted by molar-refractivity contribution is -0.153. The average molecular weight is 299 g/mol. The van der Waals surface area contributed by atoms with Crippen LogP contribution >= 0.6 is 0 Å². The van der Waals surface area contributed by atoms with Crippen molar-refractivity contribution in [1.29, 1.82) is 0 Å². The van der Waals surface area contributed by atoms with E-state index in [0.717, 1.165) is 17.2 Å². The van der Waals surface area contributed by atoms with Crippen LogP contribution in [0.1, 0.15) is 17.2 Å². The number of hydrogen-bond donors (Lipinski definition) is 2. The van der Waals surface area contributed by atoms with E-state index in [0.29, 0.717) is 12.2 Å². The number of aromatic nitrogens is 2.